The van der Waals surface area contributed by atoms with E-state index in [0.29, 0.717) is 5.75 Å². The highest BCUT2D eigenvalue weighted by Crippen LogP contribution is 2.36. The van der Waals surface area contributed by atoms with E-state index in [1.54, 1.807) is 13.8 Å². The maximum atomic E-state index is 11.3. The summed E-state index contributed by atoms with van der Waals surface area (Å²) in [6.07, 6.45) is 0. The molecule has 25 heavy (non-hydrogen) atoms. The monoisotopic (exact) mass is 337 g/mol. The van der Waals surface area contributed by atoms with Gasteiger partial charge >= 0.3 is 5.97 Å². The summed E-state index contributed by atoms with van der Waals surface area (Å²) in [7, 11) is 2.04. The van der Waals surface area contributed by atoms with Gasteiger partial charge in [-0.25, -0.2) is 4.79 Å². The molecule has 4 heteroatoms. The number of fused-ring (bicyclic) bond motifs is 1. The maximum Gasteiger partial charge on any atom is 0.347 e. The van der Waals surface area contributed by atoms with Gasteiger partial charge in [-0.15, -0.1) is 0 Å². The zero-order valence-corrected chi connectivity index (χ0v) is 15.3. The van der Waals surface area contributed by atoms with Crippen molar-refractivity contribution in [2.24, 2.45) is 7.05 Å². The normalized spacial score (nSPS) is 11.7. The van der Waals surface area contributed by atoms with Gasteiger partial charge in [0.15, 0.2) is 5.60 Å². The molecule has 0 amide bonds. The molecule has 0 aliphatic carbocycles. The lowest BCUT2D eigenvalue weighted by Crippen LogP contribution is -2.37. The second-order valence-electron chi connectivity index (χ2n) is 6.99. The fourth-order valence-corrected chi connectivity index (χ4v) is 3.12. The number of hydrogen-bond acceptors (Lipinski definition) is 2. The lowest BCUT2D eigenvalue weighted by molar-refractivity contribution is -0.152. The average Bonchev–Trinajstić information content (AvgIpc) is 2.78. The van der Waals surface area contributed by atoms with Gasteiger partial charge in [0.25, 0.3) is 0 Å². The molecule has 0 aliphatic rings. The average molecular weight is 337 g/mol. The molecule has 1 aromatic heterocycles. The van der Waals surface area contributed by atoms with Gasteiger partial charge in [0, 0.05) is 29.2 Å². The highest BCUT2D eigenvalue weighted by atomic mass is 16.5. The van der Waals surface area contributed by atoms with Gasteiger partial charge in [-0.1, -0.05) is 29.8 Å². The Kier molecular flexibility index (Phi) is 4.07. The number of carboxylic acid groups (broad SMARTS) is 1. The van der Waals surface area contributed by atoms with E-state index < -0.39 is 11.6 Å². The van der Waals surface area contributed by atoms with Crippen LogP contribution in [0.15, 0.2) is 42.5 Å². The smallest absolute Gasteiger partial charge is 0.347 e. The largest absolute Gasteiger partial charge is 0.478 e. The Bertz CT molecular complexity index is 967. The zero-order chi connectivity index (χ0) is 18.4. The SMILES string of the molecule is Cc1cccc(-c2c(C)n(C)c3ccc(OC(C)(C)C(=O)O)cc23)c1. The van der Waals surface area contributed by atoms with Gasteiger partial charge in [0.1, 0.15) is 5.75 Å². The van der Waals surface area contributed by atoms with Crippen LogP contribution in [0, 0.1) is 13.8 Å². The molecule has 0 saturated heterocycles. The Morgan fingerprint density at radius 2 is 1.84 bits per heavy atom. The van der Waals surface area contributed by atoms with Crippen LogP contribution in [0.4, 0.5) is 0 Å². The van der Waals surface area contributed by atoms with E-state index in [2.05, 4.69) is 42.7 Å². The Hall–Kier alpha value is -2.75. The second-order valence-corrected chi connectivity index (χ2v) is 6.99. The van der Waals surface area contributed by atoms with Crippen molar-refractivity contribution in [3.8, 4) is 16.9 Å². The number of aliphatic carboxylic acids is 1. The van der Waals surface area contributed by atoms with Crippen LogP contribution in [0.5, 0.6) is 5.75 Å². The summed E-state index contributed by atoms with van der Waals surface area (Å²) < 4.78 is 7.88. The molecule has 4 nitrogen and oxygen atoms in total. The van der Waals surface area contributed by atoms with E-state index in [0.717, 1.165) is 27.7 Å². The number of hydrogen-bond donors (Lipinski definition) is 1. The number of rotatable bonds is 4. The van der Waals surface area contributed by atoms with E-state index in [-0.39, 0.29) is 0 Å². The molecule has 1 N–H and O–H groups in total. The highest BCUT2D eigenvalue weighted by molar-refractivity contribution is 5.99. The summed E-state index contributed by atoms with van der Waals surface area (Å²) >= 11 is 0. The summed E-state index contributed by atoms with van der Waals surface area (Å²) in [4.78, 5) is 11.3. The van der Waals surface area contributed by atoms with E-state index in [4.69, 9.17) is 4.74 Å². The van der Waals surface area contributed by atoms with Crippen LogP contribution in [0.3, 0.4) is 0 Å². The van der Waals surface area contributed by atoms with Gasteiger partial charge < -0.3 is 14.4 Å². The summed E-state index contributed by atoms with van der Waals surface area (Å²) in [6, 6.07) is 14.1. The topological polar surface area (TPSA) is 51.5 Å². The lowest BCUT2D eigenvalue weighted by atomic mass is 10.0. The number of nitrogens with zero attached hydrogens (tertiary/aromatic N) is 1. The van der Waals surface area contributed by atoms with E-state index in [1.165, 1.54) is 5.56 Å². The third-order valence-electron chi connectivity index (χ3n) is 4.66. The number of benzene rings is 2. The van der Waals surface area contributed by atoms with Gasteiger partial charge in [-0.05, 0) is 51.5 Å². The van der Waals surface area contributed by atoms with E-state index in [9.17, 15) is 9.90 Å². The molecule has 0 saturated carbocycles. The Morgan fingerprint density at radius 3 is 2.48 bits per heavy atom. The van der Waals surface area contributed by atoms with Crippen molar-refractivity contribution >= 4 is 16.9 Å². The van der Waals surface area contributed by atoms with Crippen LogP contribution in [0.25, 0.3) is 22.0 Å². The predicted molar refractivity (Wildman–Crippen MR) is 100 cm³/mol. The summed E-state index contributed by atoms with van der Waals surface area (Å²) in [5.74, 6) is -0.435. The molecule has 0 spiro atoms. The van der Waals surface area contributed by atoms with Crippen LogP contribution in [-0.2, 0) is 11.8 Å². The Balaban J connectivity index is 2.19. The molecule has 3 rings (SSSR count). The minimum atomic E-state index is -1.28. The highest BCUT2D eigenvalue weighted by Gasteiger charge is 2.29. The first-order chi connectivity index (χ1) is 11.7. The molecular weight excluding hydrogens is 314 g/mol. The van der Waals surface area contributed by atoms with Crippen molar-refractivity contribution in [3.05, 3.63) is 53.7 Å². The van der Waals surface area contributed by atoms with Crippen molar-refractivity contribution < 1.29 is 14.6 Å². The number of carbonyl (C=O) groups is 1. The zero-order valence-electron chi connectivity index (χ0n) is 15.3. The van der Waals surface area contributed by atoms with Crippen molar-refractivity contribution in [1.29, 1.82) is 0 Å². The number of aryl methyl sites for hydroxylation is 2. The second kappa shape index (κ2) is 5.96. The van der Waals surface area contributed by atoms with Gasteiger partial charge in [-0.2, -0.15) is 0 Å². The first kappa shape index (κ1) is 17.1. The molecule has 2 aromatic carbocycles. The molecule has 1 heterocycles. The first-order valence-corrected chi connectivity index (χ1v) is 8.29. The molecule has 0 aliphatic heterocycles. The number of ether oxygens (including phenoxy) is 1. The van der Waals surface area contributed by atoms with Crippen molar-refractivity contribution in [3.63, 3.8) is 0 Å². The maximum absolute atomic E-state index is 11.3. The molecule has 0 atom stereocenters. The van der Waals surface area contributed by atoms with Crippen LogP contribution >= 0.6 is 0 Å². The fourth-order valence-electron chi connectivity index (χ4n) is 3.12. The molecular formula is C21H23NO3. The molecule has 3 aromatic rings. The van der Waals surface area contributed by atoms with E-state index >= 15 is 0 Å². The number of aromatic nitrogens is 1. The minimum absolute atomic E-state index is 0.555. The van der Waals surface area contributed by atoms with Crippen LogP contribution in [-0.4, -0.2) is 21.2 Å². The molecule has 0 fully saturated rings. The third kappa shape index (κ3) is 3.00. The number of carboxylic acids is 1. The molecule has 0 unspecified atom stereocenters. The van der Waals surface area contributed by atoms with Crippen LogP contribution in [0.1, 0.15) is 25.1 Å². The van der Waals surface area contributed by atoms with Crippen LogP contribution in [0.2, 0.25) is 0 Å². The predicted octanol–water partition coefficient (Wildman–Crippen LogP) is 4.70. The Labute approximate surface area is 147 Å². The van der Waals surface area contributed by atoms with Crippen molar-refractivity contribution in [1.82, 2.24) is 4.57 Å². The summed E-state index contributed by atoms with van der Waals surface area (Å²) in [6.45, 7) is 7.28. The van der Waals surface area contributed by atoms with Crippen LogP contribution < -0.4 is 4.74 Å². The van der Waals surface area contributed by atoms with Crippen molar-refractivity contribution in [2.75, 3.05) is 0 Å². The first-order valence-electron chi connectivity index (χ1n) is 8.29. The minimum Gasteiger partial charge on any atom is -0.478 e. The molecule has 0 bridgehead atoms. The lowest BCUT2D eigenvalue weighted by Gasteiger charge is -2.21. The summed E-state index contributed by atoms with van der Waals surface area (Å²) in [5.41, 5.74) is 4.48. The van der Waals surface area contributed by atoms with E-state index in [1.807, 2.05) is 25.2 Å². The van der Waals surface area contributed by atoms with Gasteiger partial charge in [0.05, 0.1) is 0 Å². The van der Waals surface area contributed by atoms with Gasteiger partial charge in [0.2, 0.25) is 0 Å². The Morgan fingerprint density at radius 1 is 1.12 bits per heavy atom. The molecule has 0 radical (unpaired) electrons. The molecule has 130 valence electrons. The summed E-state index contributed by atoms with van der Waals surface area (Å²) in [5, 5.41) is 10.4. The standard InChI is InChI=1S/C21H23NO3/c1-13-7-6-8-15(11-13)19-14(2)22(5)18-10-9-16(12-17(18)19)25-21(3,4)20(23)24/h6-12H,1-5H3,(H,23,24). The van der Waals surface area contributed by atoms with Crippen molar-refractivity contribution in [2.45, 2.75) is 33.3 Å². The third-order valence-corrected chi connectivity index (χ3v) is 4.66. The van der Waals surface area contributed by atoms with Gasteiger partial charge in [-0.3, -0.25) is 0 Å². The quantitative estimate of drug-likeness (QED) is 0.750. The fraction of sp³-hybridized carbons (Fsp3) is 0.286.